The summed E-state index contributed by atoms with van der Waals surface area (Å²) in [5, 5.41) is 0. The molecule has 6 heteroatoms. The Morgan fingerprint density at radius 3 is 3.11 bits per heavy atom. The van der Waals surface area contributed by atoms with Crippen molar-refractivity contribution in [1.82, 2.24) is 24.0 Å². The zero-order chi connectivity index (χ0) is 12.4. The van der Waals surface area contributed by atoms with Gasteiger partial charge < -0.3 is 14.9 Å². The van der Waals surface area contributed by atoms with Crippen LogP contribution < -0.4 is 5.73 Å². The van der Waals surface area contributed by atoms with E-state index in [0.717, 1.165) is 44.2 Å². The lowest BCUT2D eigenvalue weighted by atomic mass is 10.3. The number of fused-ring (bicyclic) bond motifs is 1. The molecule has 0 spiro atoms. The average Bonchev–Trinajstić information content (AvgIpc) is 2.98. The summed E-state index contributed by atoms with van der Waals surface area (Å²) in [6, 6.07) is 0. The first-order valence-electron chi connectivity index (χ1n) is 6.28. The van der Waals surface area contributed by atoms with E-state index < -0.39 is 0 Å². The Morgan fingerprint density at radius 2 is 2.22 bits per heavy atom. The Kier molecular flexibility index (Phi) is 3.12. The summed E-state index contributed by atoms with van der Waals surface area (Å²) in [5.74, 6) is 1.14. The number of rotatable bonds is 4. The fraction of sp³-hybridized carbons (Fsp3) is 0.500. The molecule has 0 unspecified atom stereocenters. The fourth-order valence-electron chi connectivity index (χ4n) is 2.35. The Hall–Kier alpha value is -1.66. The molecule has 0 amide bonds. The minimum absolute atomic E-state index is 0.650. The number of aromatic nitrogens is 4. The fourth-order valence-corrected chi connectivity index (χ4v) is 2.35. The average molecular weight is 246 g/mol. The van der Waals surface area contributed by atoms with Crippen molar-refractivity contribution in [3.05, 3.63) is 36.4 Å². The summed E-state index contributed by atoms with van der Waals surface area (Å²) in [7, 11) is 0. The molecule has 6 nitrogen and oxygen atoms in total. The minimum Gasteiger partial charge on any atom is -0.336 e. The molecule has 0 saturated heterocycles. The van der Waals surface area contributed by atoms with E-state index in [2.05, 4.69) is 25.6 Å². The molecule has 1 aliphatic rings. The van der Waals surface area contributed by atoms with Crippen LogP contribution in [0.5, 0.6) is 0 Å². The maximum absolute atomic E-state index is 5.53. The maximum atomic E-state index is 5.53. The highest BCUT2D eigenvalue weighted by Crippen LogP contribution is 2.12. The van der Waals surface area contributed by atoms with Crippen LogP contribution in [0.25, 0.3) is 0 Å². The normalized spacial score (nSPS) is 15.8. The first-order valence-corrected chi connectivity index (χ1v) is 6.28. The van der Waals surface area contributed by atoms with Crippen LogP contribution >= 0.6 is 0 Å². The summed E-state index contributed by atoms with van der Waals surface area (Å²) < 4.78 is 4.25. The van der Waals surface area contributed by atoms with E-state index in [0.29, 0.717) is 6.54 Å². The smallest absolute Gasteiger partial charge is 0.122 e. The predicted octanol–water partition coefficient (Wildman–Crippen LogP) is 0.0541. The van der Waals surface area contributed by atoms with Crippen LogP contribution in [0.15, 0.2) is 24.9 Å². The van der Waals surface area contributed by atoms with Crippen molar-refractivity contribution in [3.63, 3.8) is 0 Å². The van der Waals surface area contributed by atoms with Gasteiger partial charge in [0.25, 0.3) is 0 Å². The summed E-state index contributed by atoms with van der Waals surface area (Å²) in [6.45, 7) is 5.32. The number of nitrogens with zero attached hydrogens (tertiary/aromatic N) is 5. The van der Waals surface area contributed by atoms with Gasteiger partial charge in [0.1, 0.15) is 5.82 Å². The van der Waals surface area contributed by atoms with E-state index in [1.165, 1.54) is 0 Å². The van der Waals surface area contributed by atoms with Gasteiger partial charge in [-0.3, -0.25) is 4.90 Å². The van der Waals surface area contributed by atoms with E-state index in [1.54, 1.807) is 0 Å². The molecular weight excluding hydrogens is 228 g/mol. The van der Waals surface area contributed by atoms with Gasteiger partial charge in [0.15, 0.2) is 0 Å². The topological polar surface area (TPSA) is 64.9 Å². The number of hydrogen-bond donors (Lipinski definition) is 1. The maximum Gasteiger partial charge on any atom is 0.122 e. The molecule has 2 aromatic rings. The van der Waals surface area contributed by atoms with Crippen molar-refractivity contribution < 1.29 is 0 Å². The quantitative estimate of drug-likeness (QED) is 0.828. The zero-order valence-electron chi connectivity index (χ0n) is 10.4. The van der Waals surface area contributed by atoms with Gasteiger partial charge in [0.2, 0.25) is 0 Å². The Labute approximate surface area is 106 Å². The molecule has 0 fully saturated rings. The van der Waals surface area contributed by atoms with Gasteiger partial charge >= 0.3 is 0 Å². The second-order valence-electron chi connectivity index (χ2n) is 4.64. The van der Waals surface area contributed by atoms with Crippen molar-refractivity contribution in [2.24, 2.45) is 5.73 Å². The monoisotopic (exact) mass is 246 g/mol. The van der Waals surface area contributed by atoms with Crippen LogP contribution in [0.4, 0.5) is 0 Å². The minimum atomic E-state index is 0.650. The predicted molar refractivity (Wildman–Crippen MR) is 67.6 cm³/mol. The zero-order valence-corrected chi connectivity index (χ0v) is 10.4. The van der Waals surface area contributed by atoms with Crippen molar-refractivity contribution in [3.8, 4) is 0 Å². The second-order valence-corrected chi connectivity index (χ2v) is 4.64. The van der Waals surface area contributed by atoms with Crippen molar-refractivity contribution in [2.45, 2.75) is 26.2 Å². The first kappa shape index (κ1) is 11.4. The first-order chi connectivity index (χ1) is 8.85. The van der Waals surface area contributed by atoms with Crippen LogP contribution in [-0.4, -0.2) is 37.1 Å². The SMILES string of the molecule is NCCn1cnc(CN2CCn3ccnc3C2)c1. The number of nitrogens with two attached hydrogens (primary N) is 1. The molecule has 96 valence electrons. The third kappa shape index (κ3) is 2.30. The molecule has 0 radical (unpaired) electrons. The lowest BCUT2D eigenvalue weighted by Crippen LogP contribution is -2.33. The van der Waals surface area contributed by atoms with E-state index in [4.69, 9.17) is 5.73 Å². The Balaban J connectivity index is 1.63. The van der Waals surface area contributed by atoms with E-state index in [9.17, 15) is 0 Å². The lowest BCUT2D eigenvalue weighted by molar-refractivity contribution is 0.207. The highest BCUT2D eigenvalue weighted by atomic mass is 15.2. The summed E-state index contributed by atoms with van der Waals surface area (Å²) in [5.41, 5.74) is 6.63. The van der Waals surface area contributed by atoms with Gasteiger partial charge in [-0.05, 0) is 0 Å². The third-order valence-corrected chi connectivity index (χ3v) is 3.28. The largest absolute Gasteiger partial charge is 0.336 e. The Morgan fingerprint density at radius 1 is 1.28 bits per heavy atom. The van der Waals surface area contributed by atoms with Crippen molar-refractivity contribution >= 4 is 0 Å². The van der Waals surface area contributed by atoms with Crippen molar-refractivity contribution in [1.29, 1.82) is 0 Å². The molecule has 3 heterocycles. The Bertz CT molecular complexity index is 514. The standard InChI is InChI=1S/C12H18N6/c13-1-3-17-8-11(15-10-17)7-16-5-6-18-4-2-14-12(18)9-16/h2,4,8,10H,1,3,5-7,9,13H2. The van der Waals surface area contributed by atoms with Crippen LogP contribution in [0.3, 0.4) is 0 Å². The van der Waals surface area contributed by atoms with E-state index >= 15 is 0 Å². The molecule has 0 aromatic carbocycles. The van der Waals surface area contributed by atoms with Gasteiger partial charge in [0.05, 0.1) is 18.6 Å². The molecule has 18 heavy (non-hydrogen) atoms. The molecular formula is C12H18N6. The molecule has 2 N–H and O–H groups in total. The van der Waals surface area contributed by atoms with Gasteiger partial charge in [-0.1, -0.05) is 0 Å². The molecule has 3 rings (SSSR count). The summed E-state index contributed by atoms with van der Waals surface area (Å²) in [4.78, 5) is 11.1. The molecule has 0 bridgehead atoms. The molecule has 2 aromatic heterocycles. The molecule has 0 atom stereocenters. The highest BCUT2D eigenvalue weighted by Gasteiger charge is 2.17. The molecule has 0 aliphatic carbocycles. The highest BCUT2D eigenvalue weighted by molar-refractivity contribution is 5.00. The van der Waals surface area contributed by atoms with Crippen LogP contribution in [0.2, 0.25) is 0 Å². The number of hydrogen-bond acceptors (Lipinski definition) is 4. The van der Waals surface area contributed by atoms with Gasteiger partial charge in [-0.2, -0.15) is 0 Å². The van der Waals surface area contributed by atoms with Crippen LogP contribution in [0, 0.1) is 0 Å². The number of imidazole rings is 2. The van der Waals surface area contributed by atoms with Crippen molar-refractivity contribution in [2.75, 3.05) is 13.1 Å². The van der Waals surface area contributed by atoms with Gasteiger partial charge in [-0.25, -0.2) is 9.97 Å². The van der Waals surface area contributed by atoms with Gasteiger partial charge in [-0.15, -0.1) is 0 Å². The summed E-state index contributed by atoms with van der Waals surface area (Å²) in [6.07, 6.45) is 7.85. The third-order valence-electron chi connectivity index (χ3n) is 3.28. The summed E-state index contributed by atoms with van der Waals surface area (Å²) >= 11 is 0. The lowest BCUT2D eigenvalue weighted by Gasteiger charge is -2.26. The van der Waals surface area contributed by atoms with Crippen LogP contribution in [0.1, 0.15) is 11.5 Å². The van der Waals surface area contributed by atoms with Crippen LogP contribution in [-0.2, 0) is 26.2 Å². The van der Waals surface area contributed by atoms with Gasteiger partial charge in [0, 0.05) is 51.3 Å². The van der Waals surface area contributed by atoms with E-state index in [-0.39, 0.29) is 0 Å². The van der Waals surface area contributed by atoms with E-state index in [1.807, 2.05) is 23.3 Å². The molecule has 0 saturated carbocycles. The second kappa shape index (κ2) is 4.91. The molecule has 1 aliphatic heterocycles.